The van der Waals surface area contributed by atoms with Crippen molar-refractivity contribution in [3.8, 4) is 22.3 Å². The highest BCUT2D eigenvalue weighted by Crippen LogP contribution is 2.33. The molecule has 2 aromatic heterocycles. The molecule has 27 heavy (non-hydrogen) atoms. The van der Waals surface area contributed by atoms with Crippen molar-refractivity contribution in [1.29, 1.82) is 0 Å². The molecule has 0 aliphatic carbocycles. The zero-order valence-corrected chi connectivity index (χ0v) is 15.4. The summed E-state index contributed by atoms with van der Waals surface area (Å²) in [6.07, 6.45) is 4.63. The van der Waals surface area contributed by atoms with Crippen LogP contribution >= 0.6 is 0 Å². The highest BCUT2D eigenvalue weighted by atomic mass is 32.2. The van der Waals surface area contributed by atoms with Crippen LogP contribution in [0.25, 0.3) is 33.2 Å². The SMILES string of the molecule is CS(=O)(=O)c1ccc(-c2cnc(N)c(-c3cccc4cccnc34)c2)cc1. The standard InChI is InChI=1S/C21H17N3O2S/c1-27(25,26)17-9-7-14(8-10-17)16-12-19(21(22)24-13-16)18-6-2-4-15-5-3-11-23-20(15)18/h2-13H,1H3,(H2,22,24). The lowest BCUT2D eigenvalue weighted by atomic mass is 9.99. The number of para-hydroxylation sites is 1. The van der Waals surface area contributed by atoms with Crippen LogP contribution in [0.2, 0.25) is 0 Å². The van der Waals surface area contributed by atoms with E-state index in [2.05, 4.69) is 9.97 Å². The number of anilines is 1. The fourth-order valence-electron chi connectivity index (χ4n) is 3.07. The number of pyridine rings is 2. The molecule has 0 saturated heterocycles. The number of nitrogens with two attached hydrogens (primary N) is 1. The van der Waals surface area contributed by atoms with Gasteiger partial charge in [0.1, 0.15) is 5.82 Å². The number of sulfone groups is 1. The number of hydrogen-bond donors (Lipinski definition) is 1. The molecule has 6 heteroatoms. The molecule has 0 unspecified atom stereocenters. The van der Waals surface area contributed by atoms with Crippen molar-refractivity contribution < 1.29 is 8.42 Å². The first-order chi connectivity index (χ1) is 12.9. The second kappa shape index (κ2) is 6.48. The third-order valence-electron chi connectivity index (χ3n) is 4.46. The maximum absolute atomic E-state index is 11.7. The summed E-state index contributed by atoms with van der Waals surface area (Å²) >= 11 is 0. The second-order valence-corrected chi connectivity index (χ2v) is 8.35. The van der Waals surface area contributed by atoms with Gasteiger partial charge in [-0.3, -0.25) is 4.98 Å². The van der Waals surface area contributed by atoms with Crippen molar-refractivity contribution in [2.45, 2.75) is 4.90 Å². The van der Waals surface area contributed by atoms with Gasteiger partial charge in [-0.2, -0.15) is 0 Å². The van der Waals surface area contributed by atoms with Gasteiger partial charge in [0.05, 0.1) is 10.4 Å². The van der Waals surface area contributed by atoms with Crippen LogP contribution in [0.1, 0.15) is 0 Å². The van der Waals surface area contributed by atoms with Gasteiger partial charge >= 0.3 is 0 Å². The molecule has 0 spiro atoms. The van der Waals surface area contributed by atoms with E-state index in [0.717, 1.165) is 33.2 Å². The van der Waals surface area contributed by atoms with E-state index in [1.165, 1.54) is 6.26 Å². The zero-order valence-electron chi connectivity index (χ0n) is 14.6. The molecule has 134 valence electrons. The Kier molecular flexibility index (Phi) is 4.12. The van der Waals surface area contributed by atoms with E-state index >= 15 is 0 Å². The summed E-state index contributed by atoms with van der Waals surface area (Å²) in [6, 6.07) is 18.5. The van der Waals surface area contributed by atoms with Crippen LogP contribution in [0.5, 0.6) is 0 Å². The largest absolute Gasteiger partial charge is 0.383 e. The first-order valence-electron chi connectivity index (χ1n) is 8.33. The molecular formula is C21H17N3O2S. The Morgan fingerprint density at radius 1 is 0.852 bits per heavy atom. The van der Waals surface area contributed by atoms with E-state index in [0.29, 0.717) is 5.82 Å². The predicted molar refractivity (Wildman–Crippen MR) is 108 cm³/mol. The van der Waals surface area contributed by atoms with Gasteiger partial charge in [-0.05, 0) is 29.8 Å². The maximum Gasteiger partial charge on any atom is 0.175 e. The van der Waals surface area contributed by atoms with Crippen LogP contribution in [0, 0.1) is 0 Å². The maximum atomic E-state index is 11.7. The quantitative estimate of drug-likeness (QED) is 0.586. The van der Waals surface area contributed by atoms with Gasteiger partial charge in [-0.1, -0.05) is 36.4 Å². The lowest BCUT2D eigenvalue weighted by Gasteiger charge is -2.11. The molecule has 2 heterocycles. The molecule has 0 amide bonds. The number of hydrogen-bond acceptors (Lipinski definition) is 5. The average molecular weight is 375 g/mol. The van der Waals surface area contributed by atoms with Crippen molar-refractivity contribution in [3.63, 3.8) is 0 Å². The second-order valence-electron chi connectivity index (χ2n) is 6.33. The summed E-state index contributed by atoms with van der Waals surface area (Å²) in [7, 11) is -3.23. The van der Waals surface area contributed by atoms with Crippen LogP contribution in [-0.4, -0.2) is 24.6 Å². The van der Waals surface area contributed by atoms with Crippen molar-refractivity contribution in [3.05, 3.63) is 73.1 Å². The number of benzene rings is 2. The minimum absolute atomic E-state index is 0.285. The Morgan fingerprint density at radius 3 is 2.33 bits per heavy atom. The minimum Gasteiger partial charge on any atom is -0.383 e. The molecule has 5 nitrogen and oxygen atoms in total. The van der Waals surface area contributed by atoms with E-state index < -0.39 is 9.84 Å². The summed E-state index contributed by atoms with van der Waals surface area (Å²) in [5.41, 5.74) is 10.4. The number of aromatic nitrogens is 2. The first-order valence-corrected chi connectivity index (χ1v) is 10.2. The monoisotopic (exact) mass is 375 g/mol. The Morgan fingerprint density at radius 2 is 1.59 bits per heavy atom. The van der Waals surface area contributed by atoms with E-state index in [1.807, 2.05) is 36.4 Å². The van der Waals surface area contributed by atoms with Gasteiger partial charge in [0.15, 0.2) is 9.84 Å². The van der Waals surface area contributed by atoms with Gasteiger partial charge in [-0.15, -0.1) is 0 Å². The first kappa shape index (κ1) is 17.2. The number of fused-ring (bicyclic) bond motifs is 1. The lowest BCUT2D eigenvalue weighted by molar-refractivity contribution is 0.602. The van der Waals surface area contributed by atoms with Crippen LogP contribution in [0.3, 0.4) is 0 Å². The van der Waals surface area contributed by atoms with Crippen LogP contribution in [-0.2, 0) is 9.84 Å². The topological polar surface area (TPSA) is 85.9 Å². The van der Waals surface area contributed by atoms with E-state index in [4.69, 9.17) is 5.73 Å². The van der Waals surface area contributed by atoms with Gasteiger partial charge in [0.25, 0.3) is 0 Å². The number of rotatable bonds is 3. The van der Waals surface area contributed by atoms with Gasteiger partial charge < -0.3 is 5.73 Å². The highest BCUT2D eigenvalue weighted by molar-refractivity contribution is 7.90. The molecule has 0 fully saturated rings. The van der Waals surface area contributed by atoms with Gasteiger partial charge in [0, 0.05) is 40.7 Å². The summed E-state index contributed by atoms with van der Waals surface area (Å²) in [5.74, 6) is 0.421. The molecule has 0 aliphatic rings. The molecule has 0 bridgehead atoms. The molecule has 4 rings (SSSR count). The van der Waals surface area contributed by atoms with Crippen LogP contribution in [0.4, 0.5) is 5.82 Å². The van der Waals surface area contributed by atoms with Gasteiger partial charge in [-0.25, -0.2) is 13.4 Å². The molecule has 0 atom stereocenters. The van der Waals surface area contributed by atoms with Crippen molar-refractivity contribution in [2.24, 2.45) is 0 Å². The fraction of sp³-hybridized carbons (Fsp3) is 0.0476. The van der Waals surface area contributed by atoms with Crippen LogP contribution in [0.15, 0.2) is 78.0 Å². The Hall–Kier alpha value is -3.25. The molecule has 4 aromatic rings. The number of nitrogen functional groups attached to an aromatic ring is 1. The number of nitrogens with zero attached hydrogens (tertiary/aromatic N) is 2. The summed E-state index contributed by atoms with van der Waals surface area (Å²) < 4.78 is 23.3. The molecule has 0 aliphatic heterocycles. The van der Waals surface area contributed by atoms with Crippen molar-refractivity contribution in [1.82, 2.24) is 9.97 Å². The smallest absolute Gasteiger partial charge is 0.175 e. The summed E-state index contributed by atoms with van der Waals surface area (Å²) in [5, 5.41) is 1.03. The van der Waals surface area contributed by atoms with Crippen molar-refractivity contribution in [2.75, 3.05) is 12.0 Å². The Labute approximate surface area is 157 Å². The highest BCUT2D eigenvalue weighted by Gasteiger charge is 2.12. The van der Waals surface area contributed by atoms with E-state index in [-0.39, 0.29) is 4.90 Å². The molecule has 0 saturated carbocycles. The normalized spacial score (nSPS) is 11.6. The Balaban J connectivity index is 1.85. The molecular weight excluding hydrogens is 358 g/mol. The predicted octanol–water partition coefficient (Wildman–Crippen LogP) is 3.95. The Bertz CT molecular complexity index is 1240. The third kappa shape index (κ3) is 3.27. The zero-order chi connectivity index (χ0) is 19.0. The average Bonchev–Trinajstić information content (AvgIpc) is 2.67. The van der Waals surface area contributed by atoms with Crippen LogP contribution < -0.4 is 5.73 Å². The fourth-order valence-corrected chi connectivity index (χ4v) is 3.70. The molecule has 0 radical (unpaired) electrons. The minimum atomic E-state index is -3.23. The summed E-state index contributed by atoms with van der Waals surface area (Å²) in [6.45, 7) is 0. The van der Waals surface area contributed by atoms with Crippen molar-refractivity contribution >= 4 is 26.6 Å². The van der Waals surface area contributed by atoms with Gasteiger partial charge in [0.2, 0.25) is 0 Å². The summed E-state index contributed by atoms with van der Waals surface area (Å²) in [4.78, 5) is 9.12. The third-order valence-corrected chi connectivity index (χ3v) is 5.59. The van der Waals surface area contributed by atoms with E-state index in [1.54, 1.807) is 36.7 Å². The van der Waals surface area contributed by atoms with E-state index in [9.17, 15) is 8.42 Å². The molecule has 2 N–H and O–H groups in total. The lowest BCUT2D eigenvalue weighted by Crippen LogP contribution is -1.97. The molecule has 2 aromatic carbocycles.